The first-order chi connectivity index (χ1) is 12.2. The summed E-state index contributed by atoms with van der Waals surface area (Å²) >= 11 is 0. The van der Waals surface area contributed by atoms with E-state index in [-0.39, 0.29) is 5.91 Å². The Labute approximate surface area is 146 Å². The minimum Gasteiger partial charge on any atom is -0.390 e. The van der Waals surface area contributed by atoms with E-state index in [0.717, 1.165) is 18.5 Å². The quantitative estimate of drug-likeness (QED) is 0.893. The summed E-state index contributed by atoms with van der Waals surface area (Å²) in [6, 6.07) is 7.45. The van der Waals surface area contributed by atoms with Crippen LogP contribution >= 0.6 is 0 Å². The lowest BCUT2D eigenvalue weighted by molar-refractivity contribution is -0.174. The van der Waals surface area contributed by atoms with Gasteiger partial charge in [0, 0.05) is 30.9 Å². The predicted molar refractivity (Wildman–Crippen MR) is 90.4 cm³/mol. The van der Waals surface area contributed by atoms with Gasteiger partial charge in [0.2, 0.25) is 0 Å². The third kappa shape index (κ3) is 3.05. The first-order valence-corrected chi connectivity index (χ1v) is 8.74. The van der Waals surface area contributed by atoms with Gasteiger partial charge in [-0.05, 0) is 43.9 Å². The van der Waals surface area contributed by atoms with Crippen LogP contribution in [-0.4, -0.2) is 62.1 Å². The summed E-state index contributed by atoms with van der Waals surface area (Å²) in [5, 5.41) is 17.9. The summed E-state index contributed by atoms with van der Waals surface area (Å²) in [5.74, 6) is 0.00933. The van der Waals surface area contributed by atoms with Gasteiger partial charge in [0.1, 0.15) is 12.7 Å². The van der Waals surface area contributed by atoms with Crippen LogP contribution in [0.4, 0.5) is 0 Å². The van der Waals surface area contributed by atoms with E-state index in [2.05, 4.69) is 10.2 Å². The highest BCUT2D eigenvalue weighted by Gasteiger charge is 2.44. The smallest absolute Gasteiger partial charge is 0.253 e. The first kappa shape index (κ1) is 16.2. The molecule has 7 nitrogen and oxygen atoms in total. The summed E-state index contributed by atoms with van der Waals surface area (Å²) in [5.41, 5.74) is 1.04. The minimum atomic E-state index is -0.459. The highest BCUT2D eigenvalue weighted by molar-refractivity contribution is 5.94. The Kier molecular flexibility index (Phi) is 4.27. The molecule has 2 saturated heterocycles. The molecule has 4 rings (SSSR count). The van der Waals surface area contributed by atoms with Crippen molar-refractivity contribution >= 4 is 5.91 Å². The molecule has 2 aliphatic heterocycles. The molecule has 1 spiro atoms. The summed E-state index contributed by atoms with van der Waals surface area (Å²) in [7, 11) is 0. The van der Waals surface area contributed by atoms with Crippen LogP contribution in [0.5, 0.6) is 0 Å². The fraction of sp³-hybridized carbons (Fsp3) is 0.500. The molecule has 2 aliphatic rings. The Bertz CT molecular complexity index is 739. The molecular formula is C18H22N4O3. The van der Waals surface area contributed by atoms with E-state index in [1.807, 2.05) is 29.2 Å². The second-order valence-electron chi connectivity index (χ2n) is 6.78. The van der Waals surface area contributed by atoms with E-state index < -0.39 is 11.7 Å². The summed E-state index contributed by atoms with van der Waals surface area (Å²) in [6.45, 7) is 1.91. The number of hydrogen-bond acceptors (Lipinski definition) is 5. The van der Waals surface area contributed by atoms with Gasteiger partial charge in [-0.1, -0.05) is 6.07 Å². The van der Waals surface area contributed by atoms with Crippen LogP contribution in [0.3, 0.4) is 0 Å². The molecular weight excluding hydrogens is 320 g/mol. The van der Waals surface area contributed by atoms with E-state index in [9.17, 15) is 9.90 Å². The van der Waals surface area contributed by atoms with Crippen molar-refractivity contribution in [1.82, 2.24) is 19.7 Å². The van der Waals surface area contributed by atoms with Crippen LogP contribution < -0.4 is 0 Å². The average Bonchev–Trinajstić information content (AvgIpc) is 3.19. The Morgan fingerprint density at radius 3 is 2.72 bits per heavy atom. The topological polar surface area (TPSA) is 80.5 Å². The lowest BCUT2D eigenvalue weighted by atomic mass is 9.82. The number of hydrogen-bond donors (Lipinski definition) is 1. The maximum atomic E-state index is 12.9. The Hall–Kier alpha value is -2.25. The van der Waals surface area contributed by atoms with Crippen molar-refractivity contribution in [1.29, 1.82) is 0 Å². The van der Waals surface area contributed by atoms with Crippen molar-refractivity contribution in [2.45, 2.75) is 37.4 Å². The van der Waals surface area contributed by atoms with Gasteiger partial charge in [-0.15, -0.1) is 10.2 Å². The molecule has 1 aromatic carbocycles. The fourth-order valence-electron chi connectivity index (χ4n) is 3.79. The molecule has 0 unspecified atom stereocenters. The number of rotatable bonds is 2. The molecule has 1 N–H and O–H groups in total. The molecule has 3 heterocycles. The van der Waals surface area contributed by atoms with Crippen LogP contribution in [0.25, 0.3) is 5.69 Å². The maximum absolute atomic E-state index is 12.9. The standard InChI is InChI=1S/C18H22N4O3/c23-16-5-2-10-25-18(16)6-8-21(9-7-18)17(24)14-3-1-4-15(11-14)22-12-19-20-13-22/h1,3-4,11-13,16,23H,2,5-10H2/t16-/m1/s1. The average molecular weight is 342 g/mol. The zero-order valence-corrected chi connectivity index (χ0v) is 14.0. The minimum absolute atomic E-state index is 0.00933. The molecule has 2 fully saturated rings. The largest absolute Gasteiger partial charge is 0.390 e. The molecule has 7 heteroatoms. The lowest BCUT2D eigenvalue weighted by Gasteiger charge is -2.46. The second-order valence-corrected chi connectivity index (χ2v) is 6.78. The number of aliphatic hydroxyl groups excluding tert-OH is 1. The first-order valence-electron chi connectivity index (χ1n) is 8.74. The molecule has 1 atom stereocenters. The molecule has 1 amide bonds. The molecule has 132 valence electrons. The molecule has 25 heavy (non-hydrogen) atoms. The number of aliphatic hydroxyl groups is 1. The predicted octanol–water partition coefficient (Wildman–Crippen LogP) is 1.41. The SMILES string of the molecule is O=C(c1cccc(-n2cnnc2)c1)N1CCC2(CC1)OCCC[C@H]2O. The normalized spacial score (nSPS) is 22.9. The highest BCUT2D eigenvalue weighted by Crippen LogP contribution is 2.35. The highest BCUT2D eigenvalue weighted by atomic mass is 16.5. The van der Waals surface area contributed by atoms with Gasteiger partial charge in [0.15, 0.2) is 0 Å². The van der Waals surface area contributed by atoms with Crippen LogP contribution in [0.2, 0.25) is 0 Å². The van der Waals surface area contributed by atoms with E-state index in [4.69, 9.17) is 4.74 Å². The molecule has 2 aromatic rings. The number of nitrogens with zero attached hydrogens (tertiary/aromatic N) is 4. The third-order valence-corrected chi connectivity index (χ3v) is 5.33. The van der Waals surface area contributed by atoms with Gasteiger partial charge in [0.05, 0.1) is 11.7 Å². The van der Waals surface area contributed by atoms with Crippen LogP contribution in [0, 0.1) is 0 Å². The Morgan fingerprint density at radius 1 is 1.24 bits per heavy atom. The number of benzene rings is 1. The van der Waals surface area contributed by atoms with Crippen LogP contribution in [-0.2, 0) is 4.74 Å². The fourth-order valence-corrected chi connectivity index (χ4v) is 3.79. The van der Waals surface area contributed by atoms with Crippen molar-refractivity contribution in [3.8, 4) is 5.69 Å². The van der Waals surface area contributed by atoms with Gasteiger partial charge in [0.25, 0.3) is 5.91 Å². The Morgan fingerprint density at radius 2 is 2.00 bits per heavy atom. The third-order valence-electron chi connectivity index (χ3n) is 5.33. The maximum Gasteiger partial charge on any atom is 0.253 e. The van der Waals surface area contributed by atoms with Gasteiger partial charge >= 0.3 is 0 Å². The number of ether oxygens (including phenoxy) is 1. The van der Waals surface area contributed by atoms with E-state index in [1.54, 1.807) is 17.2 Å². The molecule has 0 radical (unpaired) electrons. The number of likely N-dealkylation sites (tertiary alicyclic amines) is 1. The zero-order valence-electron chi connectivity index (χ0n) is 14.0. The van der Waals surface area contributed by atoms with E-state index in [1.165, 1.54) is 0 Å². The van der Waals surface area contributed by atoms with Crippen molar-refractivity contribution in [3.05, 3.63) is 42.5 Å². The Balaban J connectivity index is 1.47. The molecule has 0 bridgehead atoms. The van der Waals surface area contributed by atoms with Gasteiger partial charge in [-0.3, -0.25) is 9.36 Å². The van der Waals surface area contributed by atoms with Crippen LogP contribution in [0.1, 0.15) is 36.0 Å². The second kappa shape index (κ2) is 6.57. The summed E-state index contributed by atoms with van der Waals surface area (Å²) in [6.07, 6.45) is 5.86. The molecule has 0 saturated carbocycles. The molecule has 1 aromatic heterocycles. The van der Waals surface area contributed by atoms with Crippen molar-refractivity contribution in [2.24, 2.45) is 0 Å². The van der Waals surface area contributed by atoms with E-state index >= 15 is 0 Å². The van der Waals surface area contributed by atoms with Crippen molar-refractivity contribution in [2.75, 3.05) is 19.7 Å². The van der Waals surface area contributed by atoms with Gasteiger partial charge < -0.3 is 14.7 Å². The van der Waals surface area contributed by atoms with Crippen molar-refractivity contribution in [3.63, 3.8) is 0 Å². The number of amides is 1. The van der Waals surface area contributed by atoms with Crippen LogP contribution in [0.15, 0.2) is 36.9 Å². The number of piperidine rings is 1. The van der Waals surface area contributed by atoms with E-state index in [0.29, 0.717) is 38.1 Å². The number of aromatic nitrogens is 3. The van der Waals surface area contributed by atoms with Crippen molar-refractivity contribution < 1.29 is 14.6 Å². The lowest BCUT2D eigenvalue weighted by Crippen LogP contribution is -2.56. The monoisotopic (exact) mass is 342 g/mol. The number of carbonyl (C=O) groups is 1. The van der Waals surface area contributed by atoms with Gasteiger partial charge in [-0.2, -0.15) is 0 Å². The van der Waals surface area contributed by atoms with Gasteiger partial charge in [-0.25, -0.2) is 0 Å². The number of carbonyl (C=O) groups excluding carboxylic acids is 1. The summed E-state index contributed by atoms with van der Waals surface area (Å²) < 4.78 is 7.69. The molecule has 0 aliphatic carbocycles. The zero-order chi connectivity index (χ0) is 17.3. The summed E-state index contributed by atoms with van der Waals surface area (Å²) in [4.78, 5) is 14.7.